The van der Waals surface area contributed by atoms with E-state index < -0.39 is 5.91 Å². The number of rotatable bonds is 6. The lowest BCUT2D eigenvalue weighted by Crippen LogP contribution is -2.24. The lowest BCUT2D eigenvalue weighted by molar-refractivity contribution is -0.112. The van der Waals surface area contributed by atoms with E-state index in [1.165, 1.54) is 6.20 Å². The van der Waals surface area contributed by atoms with Crippen molar-refractivity contribution in [1.29, 1.82) is 5.26 Å². The first-order valence-electron chi connectivity index (χ1n) is 6.81. The minimum absolute atomic E-state index is 0.0645. The second kappa shape index (κ2) is 8.08. The summed E-state index contributed by atoms with van der Waals surface area (Å²) in [7, 11) is 3.92. The van der Waals surface area contributed by atoms with Crippen LogP contribution in [0.3, 0.4) is 0 Å². The fraction of sp³-hybridized carbons (Fsp3) is 0.375. The fourth-order valence-electron chi connectivity index (χ4n) is 1.69. The third-order valence-corrected chi connectivity index (χ3v) is 3.17. The molecule has 0 atom stereocenters. The molecule has 0 bridgehead atoms. The van der Waals surface area contributed by atoms with E-state index in [1.54, 1.807) is 0 Å². The Morgan fingerprint density at radius 2 is 2.10 bits per heavy atom. The van der Waals surface area contributed by atoms with Crippen molar-refractivity contribution in [3.63, 3.8) is 0 Å². The molecule has 0 aliphatic rings. The number of carbonyl (C=O) groups is 1. The number of anilines is 1. The summed E-state index contributed by atoms with van der Waals surface area (Å²) in [5, 5.41) is 14.8. The highest BCUT2D eigenvalue weighted by Crippen LogP contribution is 2.18. The molecule has 0 spiro atoms. The van der Waals surface area contributed by atoms with Gasteiger partial charge in [0, 0.05) is 25.0 Å². The van der Waals surface area contributed by atoms with E-state index in [0.717, 1.165) is 23.4 Å². The van der Waals surface area contributed by atoms with Gasteiger partial charge in [-0.15, -0.1) is 0 Å². The van der Waals surface area contributed by atoms with Gasteiger partial charge in [-0.2, -0.15) is 5.26 Å². The number of carbonyl (C=O) groups excluding carboxylic acids is 1. The van der Waals surface area contributed by atoms with Crippen LogP contribution in [-0.4, -0.2) is 38.0 Å². The van der Waals surface area contributed by atoms with Crippen molar-refractivity contribution in [1.82, 2.24) is 10.2 Å². The Morgan fingerprint density at radius 1 is 1.38 bits per heavy atom. The summed E-state index contributed by atoms with van der Waals surface area (Å²) in [6.07, 6.45) is 1.46. The average Bonchev–Trinajstić information content (AvgIpc) is 2.43. The van der Waals surface area contributed by atoms with Crippen molar-refractivity contribution < 1.29 is 4.79 Å². The van der Waals surface area contributed by atoms with Crippen molar-refractivity contribution in [2.45, 2.75) is 13.8 Å². The van der Waals surface area contributed by atoms with Gasteiger partial charge in [-0.1, -0.05) is 12.1 Å². The summed E-state index contributed by atoms with van der Waals surface area (Å²) in [4.78, 5) is 14.1. The number of aryl methyl sites for hydroxylation is 1. The van der Waals surface area contributed by atoms with Gasteiger partial charge in [-0.05, 0) is 45.1 Å². The lowest BCUT2D eigenvalue weighted by atomic mass is 10.1. The summed E-state index contributed by atoms with van der Waals surface area (Å²) in [6, 6.07) is 7.60. The first kappa shape index (κ1) is 16.7. The molecule has 1 aromatic rings. The van der Waals surface area contributed by atoms with Crippen LogP contribution in [0, 0.1) is 25.2 Å². The lowest BCUT2D eigenvalue weighted by Gasteiger charge is -2.11. The van der Waals surface area contributed by atoms with Crippen LogP contribution in [0.15, 0.2) is 30.0 Å². The first-order chi connectivity index (χ1) is 9.95. The molecular formula is C16H22N4O. The van der Waals surface area contributed by atoms with Gasteiger partial charge in [0.05, 0.1) is 0 Å². The molecule has 5 nitrogen and oxygen atoms in total. The zero-order valence-electron chi connectivity index (χ0n) is 13.0. The molecule has 0 unspecified atom stereocenters. The molecule has 112 valence electrons. The minimum Gasteiger partial charge on any atom is -0.388 e. The normalized spacial score (nSPS) is 11.1. The van der Waals surface area contributed by atoms with Crippen molar-refractivity contribution in [2.24, 2.45) is 0 Å². The molecule has 1 aromatic carbocycles. The number of benzene rings is 1. The molecule has 0 aliphatic carbocycles. The smallest absolute Gasteiger partial charge is 0.267 e. The standard InChI is InChI=1S/C16H22N4O/c1-12-6-5-7-15(13(12)2)19-16(21)14(10-17)11-18-8-9-20(3)4/h5-7,11,18H,8-9H2,1-4H3,(H,19,21)/b14-11-. The molecular weight excluding hydrogens is 264 g/mol. The zero-order valence-corrected chi connectivity index (χ0v) is 13.0. The van der Waals surface area contributed by atoms with Crippen molar-refractivity contribution in [3.8, 4) is 6.07 Å². The van der Waals surface area contributed by atoms with Gasteiger partial charge in [0.15, 0.2) is 0 Å². The number of nitrogens with one attached hydrogen (secondary N) is 2. The summed E-state index contributed by atoms with van der Waals surface area (Å²) in [6.45, 7) is 5.42. The molecule has 0 radical (unpaired) electrons. The van der Waals surface area contributed by atoms with Gasteiger partial charge >= 0.3 is 0 Å². The van der Waals surface area contributed by atoms with Crippen molar-refractivity contribution >= 4 is 11.6 Å². The van der Waals surface area contributed by atoms with E-state index in [0.29, 0.717) is 6.54 Å². The molecule has 1 rings (SSSR count). The van der Waals surface area contributed by atoms with Crippen molar-refractivity contribution in [3.05, 3.63) is 41.1 Å². The third-order valence-electron chi connectivity index (χ3n) is 3.17. The van der Waals surface area contributed by atoms with E-state index in [4.69, 9.17) is 5.26 Å². The van der Waals surface area contributed by atoms with Crippen LogP contribution < -0.4 is 10.6 Å². The van der Waals surface area contributed by atoms with Gasteiger partial charge in [-0.25, -0.2) is 0 Å². The van der Waals surface area contributed by atoms with Crippen LogP contribution in [0.5, 0.6) is 0 Å². The van der Waals surface area contributed by atoms with Crippen LogP contribution in [0.4, 0.5) is 5.69 Å². The molecule has 0 saturated heterocycles. The van der Waals surface area contributed by atoms with Gasteiger partial charge in [0.2, 0.25) is 0 Å². The third kappa shape index (κ3) is 5.28. The van der Waals surface area contributed by atoms with Crippen LogP contribution in [0.25, 0.3) is 0 Å². The summed E-state index contributed by atoms with van der Waals surface area (Å²) in [5.74, 6) is -0.399. The maximum absolute atomic E-state index is 12.1. The van der Waals surface area contributed by atoms with Crippen LogP contribution >= 0.6 is 0 Å². The number of likely N-dealkylation sites (N-methyl/N-ethyl adjacent to an activating group) is 1. The average molecular weight is 286 g/mol. The van der Waals surface area contributed by atoms with E-state index in [2.05, 4.69) is 10.6 Å². The van der Waals surface area contributed by atoms with Crippen LogP contribution in [0.2, 0.25) is 0 Å². The summed E-state index contributed by atoms with van der Waals surface area (Å²) in [5.41, 5.74) is 2.90. The Kier molecular flexibility index (Phi) is 6.44. The SMILES string of the molecule is Cc1cccc(NC(=O)/C(C#N)=C\NCCN(C)C)c1C. The largest absolute Gasteiger partial charge is 0.388 e. The highest BCUT2D eigenvalue weighted by Gasteiger charge is 2.10. The molecule has 21 heavy (non-hydrogen) atoms. The Morgan fingerprint density at radius 3 is 2.71 bits per heavy atom. The number of hydrogen-bond donors (Lipinski definition) is 2. The molecule has 0 aromatic heterocycles. The van der Waals surface area contributed by atoms with Crippen LogP contribution in [-0.2, 0) is 4.79 Å². The summed E-state index contributed by atoms with van der Waals surface area (Å²) >= 11 is 0. The Labute approximate surface area is 126 Å². The van der Waals surface area contributed by atoms with E-state index in [-0.39, 0.29) is 5.57 Å². The predicted molar refractivity (Wildman–Crippen MR) is 84.8 cm³/mol. The molecule has 0 fully saturated rings. The Bertz CT molecular complexity index is 570. The molecule has 0 aliphatic heterocycles. The maximum Gasteiger partial charge on any atom is 0.267 e. The quantitative estimate of drug-likeness (QED) is 0.475. The highest BCUT2D eigenvalue weighted by atomic mass is 16.1. The zero-order chi connectivity index (χ0) is 15.8. The molecule has 2 N–H and O–H groups in total. The molecule has 0 saturated carbocycles. The maximum atomic E-state index is 12.1. The van der Waals surface area contributed by atoms with Crippen molar-refractivity contribution in [2.75, 3.05) is 32.5 Å². The Balaban J connectivity index is 2.69. The summed E-state index contributed by atoms with van der Waals surface area (Å²) < 4.78 is 0. The topological polar surface area (TPSA) is 68.2 Å². The number of hydrogen-bond acceptors (Lipinski definition) is 4. The van der Waals surface area contributed by atoms with E-state index in [1.807, 2.05) is 57.1 Å². The second-order valence-electron chi connectivity index (χ2n) is 5.13. The molecule has 0 heterocycles. The highest BCUT2D eigenvalue weighted by molar-refractivity contribution is 6.06. The predicted octanol–water partition coefficient (Wildman–Crippen LogP) is 1.80. The minimum atomic E-state index is -0.399. The molecule has 1 amide bonds. The van der Waals surface area contributed by atoms with Gasteiger partial charge < -0.3 is 15.5 Å². The monoisotopic (exact) mass is 286 g/mol. The number of nitriles is 1. The fourth-order valence-corrected chi connectivity index (χ4v) is 1.69. The Hall–Kier alpha value is -2.32. The number of amides is 1. The first-order valence-corrected chi connectivity index (χ1v) is 6.81. The van der Waals surface area contributed by atoms with Gasteiger partial charge in [-0.3, -0.25) is 4.79 Å². The van der Waals surface area contributed by atoms with E-state index >= 15 is 0 Å². The van der Waals surface area contributed by atoms with Gasteiger partial charge in [0.25, 0.3) is 5.91 Å². The van der Waals surface area contributed by atoms with E-state index in [9.17, 15) is 4.79 Å². The van der Waals surface area contributed by atoms with Crippen LogP contribution in [0.1, 0.15) is 11.1 Å². The van der Waals surface area contributed by atoms with Gasteiger partial charge in [0.1, 0.15) is 11.6 Å². The second-order valence-corrected chi connectivity index (χ2v) is 5.13. The number of nitrogens with zero attached hydrogens (tertiary/aromatic N) is 2. The molecule has 5 heteroatoms.